The molecule has 0 aliphatic rings. The van der Waals surface area contributed by atoms with E-state index in [0.29, 0.717) is 24.4 Å². The molecule has 0 saturated carbocycles. The second kappa shape index (κ2) is 10.5. The zero-order chi connectivity index (χ0) is 22.5. The van der Waals surface area contributed by atoms with E-state index < -0.39 is 6.09 Å². The van der Waals surface area contributed by atoms with E-state index in [9.17, 15) is 4.79 Å². The maximum absolute atomic E-state index is 12.2. The number of rotatable bonds is 7. The van der Waals surface area contributed by atoms with Crippen molar-refractivity contribution in [1.82, 2.24) is 15.3 Å². The molecular weight excluding hydrogens is 440 g/mol. The summed E-state index contributed by atoms with van der Waals surface area (Å²) in [5.74, 6) is 1.26. The quantitative estimate of drug-likeness (QED) is 0.203. The number of aromatic amines is 1. The Morgan fingerprint density at radius 3 is 2.48 bits per heavy atom. The topological polar surface area (TPSA) is 129 Å². The lowest BCUT2D eigenvalue weighted by molar-refractivity contribution is 0.199. The predicted octanol–water partition coefficient (Wildman–Crippen LogP) is 4.48. The van der Waals surface area contributed by atoms with Gasteiger partial charge in [0.1, 0.15) is 17.4 Å². The van der Waals surface area contributed by atoms with Crippen molar-refractivity contribution in [1.29, 1.82) is 5.41 Å². The Morgan fingerprint density at radius 2 is 1.79 bits per heavy atom. The van der Waals surface area contributed by atoms with Crippen LogP contribution in [0.4, 0.5) is 10.5 Å². The van der Waals surface area contributed by atoms with E-state index in [0.717, 1.165) is 33.7 Å². The third-order valence-electron chi connectivity index (χ3n) is 5.05. The lowest BCUT2D eigenvalue weighted by Crippen LogP contribution is -2.26. The molecule has 0 saturated heterocycles. The van der Waals surface area contributed by atoms with Gasteiger partial charge < -0.3 is 26.1 Å². The van der Waals surface area contributed by atoms with Crippen molar-refractivity contribution in [3.63, 3.8) is 0 Å². The van der Waals surface area contributed by atoms with Gasteiger partial charge in [0, 0.05) is 23.4 Å². The highest BCUT2D eigenvalue weighted by atomic mass is 35.5. The maximum Gasteiger partial charge on any atom is 0.412 e. The summed E-state index contributed by atoms with van der Waals surface area (Å²) in [6.45, 7) is 2.76. The third-order valence-corrected chi connectivity index (χ3v) is 5.05. The number of nitrogens with two attached hydrogens (primary N) is 1. The standard InChI is InChI=1S/C24H24N6O2.ClH/c1-15-20(32-24(31)28-13-16-5-3-2-4-6-16)12-11-19-22(15)30-21(29-19)14-27-18-9-7-17(8-10-18)23(25)26;/h2-12,27H,13-14H2,1H3,(H3,25,26)(H,28,31)(H,29,30);1H. The summed E-state index contributed by atoms with van der Waals surface area (Å²) in [6, 6.07) is 20.6. The van der Waals surface area contributed by atoms with Crippen LogP contribution in [-0.4, -0.2) is 21.9 Å². The smallest absolute Gasteiger partial charge is 0.410 e. The van der Waals surface area contributed by atoms with Crippen molar-refractivity contribution in [3.05, 3.63) is 89.2 Å². The van der Waals surface area contributed by atoms with Gasteiger partial charge in [0.25, 0.3) is 0 Å². The molecule has 6 N–H and O–H groups in total. The molecule has 0 fully saturated rings. The van der Waals surface area contributed by atoms with Crippen molar-refractivity contribution in [2.24, 2.45) is 5.73 Å². The lowest BCUT2D eigenvalue weighted by atomic mass is 10.2. The van der Waals surface area contributed by atoms with E-state index in [4.69, 9.17) is 15.9 Å². The number of H-pyrrole nitrogens is 1. The predicted molar refractivity (Wildman–Crippen MR) is 132 cm³/mol. The van der Waals surface area contributed by atoms with Gasteiger partial charge in [-0.2, -0.15) is 0 Å². The molecule has 0 bridgehead atoms. The summed E-state index contributed by atoms with van der Waals surface area (Å²) in [4.78, 5) is 20.1. The Morgan fingerprint density at radius 1 is 1.06 bits per heavy atom. The van der Waals surface area contributed by atoms with Gasteiger partial charge in [-0.25, -0.2) is 9.78 Å². The number of nitrogens with zero attached hydrogens (tertiary/aromatic N) is 1. The number of aryl methyl sites for hydroxylation is 1. The van der Waals surface area contributed by atoms with E-state index >= 15 is 0 Å². The van der Waals surface area contributed by atoms with Gasteiger partial charge in [0.15, 0.2) is 0 Å². The molecule has 170 valence electrons. The number of aromatic nitrogens is 2. The second-order valence-electron chi connectivity index (χ2n) is 7.34. The average Bonchev–Trinajstić information content (AvgIpc) is 3.23. The van der Waals surface area contributed by atoms with Gasteiger partial charge in [-0.3, -0.25) is 5.41 Å². The molecular formula is C24H25ClN6O2. The van der Waals surface area contributed by atoms with Crippen LogP contribution in [0.25, 0.3) is 11.0 Å². The Bertz CT molecular complexity index is 1260. The number of ether oxygens (including phenoxy) is 1. The monoisotopic (exact) mass is 464 g/mol. The minimum absolute atomic E-state index is 0. The molecule has 0 unspecified atom stereocenters. The molecule has 0 radical (unpaired) electrons. The van der Waals surface area contributed by atoms with E-state index in [2.05, 4.69) is 20.6 Å². The fraction of sp³-hybridized carbons (Fsp3) is 0.125. The molecule has 8 nitrogen and oxygen atoms in total. The van der Waals surface area contributed by atoms with Crippen LogP contribution >= 0.6 is 12.4 Å². The van der Waals surface area contributed by atoms with Crippen LogP contribution < -0.4 is 21.1 Å². The maximum atomic E-state index is 12.2. The number of halogens is 1. The Labute approximate surface area is 197 Å². The van der Waals surface area contributed by atoms with E-state index in [-0.39, 0.29) is 18.2 Å². The van der Waals surface area contributed by atoms with Gasteiger partial charge in [0.05, 0.1) is 17.6 Å². The highest BCUT2D eigenvalue weighted by Crippen LogP contribution is 2.26. The minimum Gasteiger partial charge on any atom is -0.410 e. The van der Waals surface area contributed by atoms with E-state index in [1.54, 1.807) is 18.2 Å². The normalized spacial score (nSPS) is 10.3. The van der Waals surface area contributed by atoms with Crippen LogP contribution in [0.1, 0.15) is 22.5 Å². The molecule has 9 heteroatoms. The van der Waals surface area contributed by atoms with Gasteiger partial charge in [0.2, 0.25) is 0 Å². The summed E-state index contributed by atoms with van der Waals surface area (Å²) in [5, 5.41) is 13.5. The molecule has 4 rings (SSSR count). The first-order chi connectivity index (χ1) is 15.5. The summed E-state index contributed by atoms with van der Waals surface area (Å²) in [7, 11) is 0. The van der Waals surface area contributed by atoms with Crippen molar-refractivity contribution < 1.29 is 9.53 Å². The molecule has 0 atom stereocenters. The fourth-order valence-corrected chi connectivity index (χ4v) is 3.30. The largest absolute Gasteiger partial charge is 0.412 e. The molecule has 33 heavy (non-hydrogen) atoms. The Balaban J connectivity index is 0.00000306. The third kappa shape index (κ3) is 5.81. The number of carbonyl (C=O) groups is 1. The highest BCUT2D eigenvalue weighted by molar-refractivity contribution is 5.95. The molecule has 3 aromatic carbocycles. The highest BCUT2D eigenvalue weighted by Gasteiger charge is 2.13. The minimum atomic E-state index is -0.511. The number of hydrogen-bond donors (Lipinski definition) is 5. The zero-order valence-electron chi connectivity index (χ0n) is 18.0. The first-order valence-corrected chi connectivity index (χ1v) is 10.2. The molecule has 1 aromatic heterocycles. The summed E-state index contributed by atoms with van der Waals surface area (Å²) >= 11 is 0. The number of imidazole rings is 1. The van der Waals surface area contributed by atoms with Crippen LogP contribution in [-0.2, 0) is 13.1 Å². The first kappa shape index (κ1) is 23.6. The second-order valence-corrected chi connectivity index (χ2v) is 7.34. The van der Waals surface area contributed by atoms with Gasteiger partial charge in [-0.15, -0.1) is 12.4 Å². The zero-order valence-corrected chi connectivity index (χ0v) is 18.8. The van der Waals surface area contributed by atoms with Crippen molar-refractivity contribution in [2.75, 3.05) is 5.32 Å². The number of amidine groups is 1. The number of fused-ring (bicyclic) bond motifs is 1. The number of anilines is 1. The number of hydrogen-bond acceptors (Lipinski definition) is 5. The summed E-state index contributed by atoms with van der Waals surface area (Å²) in [6.07, 6.45) is -0.511. The van der Waals surface area contributed by atoms with E-state index in [1.165, 1.54) is 0 Å². The summed E-state index contributed by atoms with van der Waals surface area (Å²) in [5.41, 5.74) is 10.5. The van der Waals surface area contributed by atoms with Crippen LogP contribution in [0.15, 0.2) is 66.7 Å². The molecule has 4 aromatic rings. The van der Waals surface area contributed by atoms with Crippen molar-refractivity contribution >= 4 is 41.1 Å². The number of benzene rings is 3. The molecule has 0 aliphatic carbocycles. The van der Waals surface area contributed by atoms with Crippen molar-refractivity contribution in [3.8, 4) is 5.75 Å². The van der Waals surface area contributed by atoms with Gasteiger partial charge in [-0.1, -0.05) is 30.3 Å². The van der Waals surface area contributed by atoms with Gasteiger partial charge in [-0.05, 0) is 48.9 Å². The Hall–Kier alpha value is -4.04. The average molecular weight is 465 g/mol. The molecule has 1 heterocycles. The summed E-state index contributed by atoms with van der Waals surface area (Å²) < 4.78 is 5.50. The van der Waals surface area contributed by atoms with Gasteiger partial charge >= 0.3 is 6.09 Å². The molecule has 0 aliphatic heterocycles. The SMILES string of the molecule is Cc1c(OC(=O)NCc2ccccc2)ccc2[nH]c(CNc3ccc(C(=N)N)cc3)nc12.Cl. The number of nitrogens with one attached hydrogen (secondary N) is 4. The van der Waals surface area contributed by atoms with E-state index in [1.807, 2.05) is 55.5 Å². The molecule has 1 amide bonds. The first-order valence-electron chi connectivity index (χ1n) is 10.2. The van der Waals surface area contributed by atoms with Crippen LogP contribution in [0, 0.1) is 12.3 Å². The molecule has 0 spiro atoms. The Kier molecular flexibility index (Phi) is 7.53. The number of carbonyl (C=O) groups excluding carboxylic acids is 1. The fourth-order valence-electron chi connectivity index (χ4n) is 3.30. The number of amides is 1. The van der Waals surface area contributed by atoms with Crippen LogP contribution in [0.2, 0.25) is 0 Å². The lowest BCUT2D eigenvalue weighted by Gasteiger charge is -2.09. The number of nitrogen functional groups attached to an aromatic ring is 1. The van der Waals surface area contributed by atoms with Crippen LogP contribution in [0.5, 0.6) is 5.75 Å². The van der Waals surface area contributed by atoms with Crippen LogP contribution in [0.3, 0.4) is 0 Å². The van der Waals surface area contributed by atoms with Crippen molar-refractivity contribution in [2.45, 2.75) is 20.0 Å².